The minimum atomic E-state index is -0.858. The van der Waals surface area contributed by atoms with Crippen LogP contribution < -0.4 is 0 Å². The highest BCUT2D eigenvalue weighted by atomic mass is 16.5. The molecule has 5 nitrogen and oxygen atoms in total. The van der Waals surface area contributed by atoms with Gasteiger partial charge in [0.05, 0.1) is 23.9 Å². The molecule has 5 aliphatic carbocycles. The molecule has 12 atom stereocenters. The zero-order chi connectivity index (χ0) is 18.9. The van der Waals surface area contributed by atoms with Gasteiger partial charge >= 0.3 is 0 Å². The Kier molecular flexibility index (Phi) is 3.33. The summed E-state index contributed by atoms with van der Waals surface area (Å²) in [5, 5.41) is 34.9. The van der Waals surface area contributed by atoms with E-state index in [1.54, 1.807) is 7.11 Å². The van der Waals surface area contributed by atoms with Gasteiger partial charge in [-0.1, -0.05) is 13.8 Å². The normalized spacial score (nSPS) is 66.2. The lowest BCUT2D eigenvalue weighted by Gasteiger charge is -2.68. The van der Waals surface area contributed by atoms with Crippen LogP contribution in [0.25, 0.3) is 0 Å². The number of piperidine rings is 1. The van der Waals surface area contributed by atoms with E-state index < -0.39 is 11.7 Å². The summed E-state index contributed by atoms with van der Waals surface area (Å²) in [4.78, 5) is 2.60. The monoisotopic (exact) mass is 377 g/mol. The first kappa shape index (κ1) is 17.6. The maximum Gasteiger partial charge on any atom is 0.0771 e. The van der Waals surface area contributed by atoms with Crippen LogP contribution in [0, 0.1) is 40.4 Å². The van der Waals surface area contributed by atoms with E-state index in [1.807, 2.05) is 0 Å². The number of methoxy groups -OCH3 is 1. The van der Waals surface area contributed by atoms with Crippen LogP contribution in [-0.2, 0) is 4.74 Å². The van der Waals surface area contributed by atoms with Gasteiger partial charge in [0.2, 0.25) is 0 Å². The molecule has 6 fully saturated rings. The highest BCUT2D eigenvalue weighted by molar-refractivity contribution is 5.32. The average molecular weight is 378 g/mol. The van der Waals surface area contributed by atoms with Gasteiger partial charge in [-0.05, 0) is 49.5 Å². The number of aliphatic hydroxyl groups excluding tert-OH is 2. The number of nitrogens with zero attached hydrogens (tertiary/aromatic N) is 1. The first-order chi connectivity index (χ1) is 12.8. The van der Waals surface area contributed by atoms with Crippen molar-refractivity contribution in [2.24, 2.45) is 40.4 Å². The lowest BCUT2D eigenvalue weighted by molar-refractivity contribution is -0.266. The van der Waals surface area contributed by atoms with Crippen molar-refractivity contribution < 1.29 is 20.1 Å². The molecule has 1 saturated heterocycles. The minimum absolute atomic E-state index is 0.0657. The van der Waals surface area contributed by atoms with Crippen LogP contribution in [-0.4, -0.2) is 70.4 Å². The first-order valence-electron chi connectivity index (χ1n) is 11.2. The molecule has 4 unspecified atom stereocenters. The average Bonchev–Trinajstić information content (AvgIpc) is 3.07. The molecule has 3 N–H and O–H groups in total. The second-order valence-electron chi connectivity index (χ2n) is 11.1. The molecule has 1 aliphatic heterocycles. The molecule has 27 heavy (non-hydrogen) atoms. The number of hydrogen-bond donors (Lipinski definition) is 3. The summed E-state index contributed by atoms with van der Waals surface area (Å²) in [5.41, 5.74) is -0.788. The smallest absolute Gasteiger partial charge is 0.0771 e. The number of rotatable bonds is 2. The van der Waals surface area contributed by atoms with E-state index in [4.69, 9.17) is 4.74 Å². The summed E-state index contributed by atoms with van der Waals surface area (Å²) in [6.07, 6.45) is 3.66. The molecule has 5 heteroatoms. The van der Waals surface area contributed by atoms with Crippen LogP contribution >= 0.6 is 0 Å². The maximum absolute atomic E-state index is 12.1. The summed E-state index contributed by atoms with van der Waals surface area (Å²) in [5.74, 6) is 0.840. The highest BCUT2D eigenvalue weighted by Crippen LogP contribution is 2.78. The number of likely N-dealkylation sites (tertiary alicyclic amines) is 1. The summed E-state index contributed by atoms with van der Waals surface area (Å²) in [6.45, 7) is 6.74. The highest BCUT2D eigenvalue weighted by Gasteiger charge is 2.82. The zero-order valence-electron chi connectivity index (χ0n) is 16.8. The Bertz CT molecular complexity index is 673. The van der Waals surface area contributed by atoms with Crippen molar-refractivity contribution >= 4 is 0 Å². The molecule has 7 bridgehead atoms. The molecule has 1 spiro atoms. The second kappa shape index (κ2) is 5.10. The molecule has 0 aromatic heterocycles. The predicted octanol–water partition coefficient (Wildman–Crippen LogP) is 1.25. The van der Waals surface area contributed by atoms with Crippen LogP contribution in [0.5, 0.6) is 0 Å². The van der Waals surface area contributed by atoms with E-state index in [2.05, 4.69) is 18.7 Å². The molecule has 0 radical (unpaired) electrons. The minimum Gasteiger partial charge on any atom is -0.392 e. The molecule has 152 valence electrons. The number of hydrogen-bond acceptors (Lipinski definition) is 5. The Hall–Kier alpha value is -0.200. The van der Waals surface area contributed by atoms with Crippen molar-refractivity contribution in [2.45, 2.75) is 75.9 Å². The van der Waals surface area contributed by atoms with Gasteiger partial charge in [-0.2, -0.15) is 0 Å². The van der Waals surface area contributed by atoms with Crippen molar-refractivity contribution in [3.8, 4) is 0 Å². The van der Waals surface area contributed by atoms with E-state index in [0.29, 0.717) is 12.3 Å². The Labute approximate surface area is 162 Å². The van der Waals surface area contributed by atoms with Gasteiger partial charge in [0, 0.05) is 49.3 Å². The van der Waals surface area contributed by atoms with E-state index in [9.17, 15) is 15.3 Å². The fraction of sp³-hybridized carbons (Fsp3) is 1.00. The van der Waals surface area contributed by atoms with Crippen LogP contribution in [0.4, 0.5) is 0 Å². The molecule has 0 amide bonds. The third-order valence-corrected chi connectivity index (χ3v) is 10.7. The van der Waals surface area contributed by atoms with E-state index in [1.165, 1.54) is 0 Å². The Morgan fingerprint density at radius 2 is 1.96 bits per heavy atom. The van der Waals surface area contributed by atoms with Crippen LogP contribution in [0.1, 0.15) is 46.0 Å². The molecule has 0 aromatic carbocycles. The molecular weight excluding hydrogens is 342 g/mol. The van der Waals surface area contributed by atoms with Crippen LogP contribution in [0.3, 0.4) is 0 Å². The quantitative estimate of drug-likeness (QED) is 0.676. The van der Waals surface area contributed by atoms with Gasteiger partial charge in [-0.25, -0.2) is 0 Å². The summed E-state index contributed by atoms with van der Waals surface area (Å²) in [6, 6.07) is 0.253. The molecule has 6 aliphatic rings. The molecule has 5 saturated carbocycles. The van der Waals surface area contributed by atoms with Crippen molar-refractivity contribution in [3.63, 3.8) is 0 Å². The largest absolute Gasteiger partial charge is 0.392 e. The standard InChI is InChI=1S/C22H35NO4/c1-4-23-10-20(2)6-5-16(24)22-12-7-11-14(27-3)9-21(26,17(12)18(11)25)13(19(22)23)8-15(20)22/h11-19,24-26H,4-10H2,1-3H3/t11-,12+,13+,14?,15-,16?,17+,18?,19?,20+,21+,22-/m1/s1. The zero-order valence-corrected chi connectivity index (χ0v) is 16.8. The van der Waals surface area contributed by atoms with Gasteiger partial charge in [-0.15, -0.1) is 0 Å². The van der Waals surface area contributed by atoms with Crippen molar-refractivity contribution in [1.82, 2.24) is 4.90 Å². The van der Waals surface area contributed by atoms with Gasteiger partial charge in [0.15, 0.2) is 0 Å². The SMILES string of the molecule is CCN1C[C@]2(C)CCC(O)[C@]34C1[C@H](C[C@H]23)[C@@]1(O)CC(OC)[C@H]2C[C@H]4[C@H]1C2O. The third kappa shape index (κ3) is 1.66. The summed E-state index contributed by atoms with van der Waals surface area (Å²) < 4.78 is 5.79. The summed E-state index contributed by atoms with van der Waals surface area (Å²) in [7, 11) is 1.73. The van der Waals surface area contributed by atoms with Gasteiger partial charge in [0.25, 0.3) is 0 Å². The second-order valence-corrected chi connectivity index (χ2v) is 11.1. The predicted molar refractivity (Wildman–Crippen MR) is 99.9 cm³/mol. The number of aliphatic hydroxyl groups is 3. The van der Waals surface area contributed by atoms with Crippen molar-refractivity contribution in [3.05, 3.63) is 0 Å². The number of ether oxygens (including phenoxy) is 1. The van der Waals surface area contributed by atoms with Crippen LogP contribution in [0.15, 0.2) is 0 Å². The van der Waals surface area contributed by atoms with E-state index >= 15 is 0 Å². The maximum atomic E-state index is 12.1. The van der Waals surface area contributed by atoms with Crippen molar-refractivity contribution in [1.29, 1.82) is 0 Å². The first-order valence-corrected chi connectivity index (χ1v) is 11.2. The van der Waals surface area contributed by atoms with E-state index in [-0.39, 0.29) is 52.8 Å². The Balaban J connectivity index is 1.59. The van der Waals surface area contributed by atoms with Gasteiger partial charge in [0.1, 0.15) is 0 Å². The Morgan fingerprint density at radius 1 is 1.19 bits per heavy atom. The molecular formula is C22H35NO4. The fourth-order valence-corrected chi connectivity index (χ4v) is 10.1. The fourth-order valence-electron chi connectivity index (χ4n) is 10.1. The van der Waals surface area contributed by atoms with E-state index in [0.717, 1.165) is 38.8 Å². The Morgan fingerprint density at radius 3 is 2.67 bits per heavy atom. The molecule has 0 aromatic rings. The molecule has 6 rings (SSSR count). The van der Waals surface area contributed by atoms with Gasteiger partial charge in [-0.3, -0.25) is 4.90 Å². The number of fused-ring (bicyclic) bond motifs is 2. The lowest BCUT2D eigenvalue weighted by atomic mass is 9.43. The molecule has 1 heterocycles. The topological polar surface area (TPSA) is 73.2 Å². The lowest BCUT2D eigenvalue weighted by Crippen LogP contribution is -2.75. The van der Waals surface area contributed by atoms with Crippen LogP contribution in [0.2, 0.25) is 0 Å². The third-order valence-electron chi connectivity index (χ3n) is 10.7. The summed E-state index contributed by atoms with van der Waals surface area (Å²) >= 11 is 0. The van der Waals surface area contributed by atoms with Crippen molar-refractivity contribution in [2.75, 3.05) is 20.2 Å². The van der Waals surface area contributed by atoms with Gasteiger partial charge < -0.3 is 20.1 Å².